The van der Waals surface area contributed by atoms with Crippen LogP contribution in [0.2, 0.25) is 0 Å². The summed E-state index contributed by atoms with van der Waals surface area (Å²) in [7, 11) is 0. The van der Waals surface area contributed by atoms with Gasteiger partial charge in [0.1, 0.15) is 0 Å². The number of aliphatic hydroxyl groups excluding tert-OH is 1. The highest BCUT2D eigenvalue weighted by Crippen LogP contribution is 2.20. The van der Waals surface area contributed by atoms with Crippen molar-refractivity contribution in [2.24, 2.45) is 0 Å². The van der Waals surface area contributed by atoms with Gasteiger partial charge in [0.25, 0.3) is 0 Å². The van der Waals surface area contributed by atoms with Crippen molar-refractivity contribution in [2.45, 2.75) is 25.7 Å². The van der Waals surface area contributed by atoms with Gasteiger partial charge in [0, 0.05) is 0 Å². The molecule has 0 radical (unpaired) electrons. The summed E-state index contributed by atoms with van der Waals surface area (Å²) < 4.78 is 10.3. The molecule has 3 nitrogen and oxygen atoms in total. The van der Waals surface area contributed by atoms with Gasteiger partial charge in [-0.25, -0.2) is 0 Å². The summed E-state index contributed by atoms with van der Waals surface area (Å²) in [6.07, 6.45) is -0.403. The molecule has 3 heteroatoms. The summed E-state index contributed by atoms with van der Waals surface area (Å²) >= 11 is 0. The van der Waals surface area contributed by atoms with Gasteiger partial charge in [-0.05, 0) is 13.8 Å². The number of hydrogen-bond donors (Lipinski definition) is 1. The lowest BCUT2D eigenvalue weighted by atomic mass is 10.2. The third-order valence-electron chi connectivity index (χ3n) is 1.22. The first-order valence-corrected chi connectivity index (χ1v) is 3.04. The first-order chi connectivity index (χ1) is 4.14. The van der Waals surface area contributed by atoms with Gasteiger partial charge in [0.2, 0.25) is 0 Å². The van der Waals surface area contributed by atoms with Crippen molar-refractivity contribution in [3.05, 3.63) is 0 Å². The highest BCUT2D eigenvalue weighted by atomic mass is 16.7. The molecule has 1 saturated heterocycles. The van der Waals surface area contributed by atoms with Gasteiger partial charge in [0.05, 0.1) is 18.8 Å². The Morgan fingerprint density at radius 3 is 2.56 bits per heavy atom. The molecule has 0 bridgehead atoms. The molecule has 0 aromatic rings. The molecule has 1 aliphatic rings. The summed E-state index contributed by atoms with van der Waals surface area (Å²) in [6, 6.07) is 0. The van der Waals surface area contributed by atoms with E-state index in [1.165, 1.54) is 0 Å². The summed E-state index contributed by atoms with van der Waals surface area (Å²) in [5, 5.41) is 8.55. The Balaban J connectivity index is 2.38. The fourth-order valence-electron chi connectivity index (χ4n) is 0.807. The van der Waals surface area contributed by atoms with E-state index in [1.54, 1.807) is 0 Å². The van der Waals surface area contributed by atoms with Gasteiger partial charge in [-0.2, -0.15) is 0 Å². The van der Waals surface area contributed by atoms with Crippen LogP contribution in [0.25, 0.3) is 0 Å². The van der Waals surface area contributed by atoms with Crippen LogP contribution in [0.1, 0.15) is 13.8 Å². The molecule has 0 unspecified atom stereocenters. The molecule has 1 rings (SSSR count). The van der Waals surface area contributed by atoms with Crippen LogP contribution in [0.15, 0.2) is 0 Å². The Morgan fingerprint density at radius 2 is 2.33 bits per heavy atom. The summed E-state index contributed by atoms with van der Waals surface area (Å²) in [6.45, 7) is 4.38. The summed E-state index contributed by atoms with van der Waals surface area (Å²) in [5.74, 6) is 0. The average molecular weight is 132 g/mol. The van der Waals surface area contributed by atoms with Crippen molar-refractivity contribution in [3.8, 4) is 0 Å². The van der Waals surface area contributed by atoms with E-state index in [9.17, 15) is 0 Å². The van der Waals surface area contributed by atoms with Crippen molar-refractivity contribution in [2.75, 3.05) is 13.2 Å². The third kappa shape index (κ3) is 1.64. The van der Waals surface area contributed by atoms with Crippen LogP contribution in [0, 0.1) is 0 Å². The molecule has 1 aliphatic heterocycles. The van der Waals surface area contributed by atoms with Crippen LogP contribution < -0.4 is 0 Å². The number of rotatable bonds is 1. The monoisotopic (exact) mass is 132 g/mol. The second kappa shape index (κ2) is 2.25. The van der Waals surface area contributed by atoms with E-state index in [0.717, 1.165) is 0 Å². The summed E-state index contributed by atoms with van der Waals surface area (Å²) in [5.41, 5.74) is -0.215. The van der Waals surface area contributed by atoms with Crippen molar-refractivity contribution in [3.63, 3.8) is 0 Å². The zero-order valence-corrected chi connectivity index (χ0v) is 5.76. The van der Waals surface area contributed by atoms with Gasteiger partial charge < -0.3 is 14.6 Å². The predicted octanol–water partition coefficient (Wildman–Crippen LogP) is 0.130. The molecule has 1 N–H and O–H groups in total. The number of aliphatic hydroxyl groups is 1. The van der Waals surface area contributed by atoms with Gasteiger partial charge in [-0.3, -0.25) is 0 Å². The largest absolute Gasteiger partial charge is 0.391 e. The number of ether oxygens (including phenoxy) is 2. The molecular weight excluding hydrogens is 120 g/mol. The van der Waals surface area contributed by atoms with Gasteiger partial charge in [0.15, 0.2) is 6.29 Å². The van der Waals surface area contributed by atoms with Crippen LogP contribution in [0.4, 0.5) is 0 Å². The van der Waals surface area contributed by atoms with Crippen LogP contribution in [-0.2, 0) is 9.47 Å². The van der Waals surface area contributed by atoms with Gasteiger partial charge in [-0.15, -0.1) is 0 Å². The first kappa shape index (κ1) is 6.99. The normalized spacial score (nSPS) is 33.0. The maximum Gasteiger partial charge on any atom is 0.181 e. The maximum absolute atomic E-state index is 8.55. The molecule has 1 heterocycles. The minimum atomic E-state index is -0.403. The quantitative estimate of drug-likeness (QED) is 0.551. The fourth-order valence-corrected chi connectivity index (χ4v) is 0.807. The van der Waals surface area contributed by atoms with E-state index in [2.05, 4.69) is 0 Å². The van der Waals surface area contributed by atoms with Crippen LogP contribution >= 0.6 is 0 Å². The Hall–Kier alpha value is -0.120. The minimum Gasteiger partial charge on any atom is -0.391 e. The zero-order chi connectivity index (χ0) is 6.91. The van der Waals surface area contributed by atoms with E-state index in [-0.39, 0.29) is 12.2 Å². The Morgan fingerprint density at radius 1 is 1.67 bits per heavy atom. The molecular formula is C6H12O3. The zero-order valence-electron chi connectivity index (χ0n) is 5.76. The van der Waals surface area contributed by atoms with E-state index in [0.29, 0.717) is 6.61 Å². The van der Waals surface area contributed by atoms with E-state index < -0.39 is 6.29 Å². The molecule has 0 aromatic carbocycles. The first-order valence-electron chi connectivity index (χ1n) is 3.04. The van der Waals surface area contributed by atoms with Crippen LogP contribution in [0.3, 0.4) is 0 Å². The smallest absolute Gasteiger partial charge is 0.181 e. The minimum absolute atomic E-state index is 0.0522. The second-order valence-corrected chi connectivity index (χ2v) is 2.80. The fraction of sp³-hybridized carbons (Fsp3) is 1.00. The molecule has 9 heavy (non-hydrogen) atoms. The SMILES string of the molecule is CC1(C)CO[C@@H](CO)O1. The molecule has 54 valence electrons. The third-order valence-corrected chi connectivity index (χ3v) is 1.22. The lowest BCUT2D eigenvalue weighted by molar-refractivity contribution is -0.104. The van der Waals surface area contributed by atoms with E-state index in [4.69, 9.17) is 14.6 Å². The summed E-state index contributed by atoms with van der Waals surface area (Å²) in [4.78, 5) is 0. The molecule has 1 atom stereocenters. The number of hydrogen-bond acceptors (Lipinski definition) is 3. The van der Waals surface area contributed by atoms with Gasteiger partial charge in [-0.1, -0.05) is 0 Å². The van der Waals surface area contributed by atoms with E-state index >= 15 is 0 Å². The van der Waals surface area contributed by atoms with Crippen molar-refractivity contribution in [1.82, 2.24) is 0 Å². The highest BCUT2D eigenvalue weighted by Gasteiger charge is 2.31. The molecule has 0 spiro atoms. The lowest BCUT2D eigenvalue weighted by Crippen LogP contribution is -2.23. The van der Waals surface area contributed by atoms with E-state index in [1.807, 2.05) is 13.8 Å². The average Bonchev–Trinajstić information content (AvgIpc) is 2.10. The van der Waals surface area contributed by atoms with Crippen molar-refractivity contribution < 1.29 is 14.6 Å². The topological polar surface area (TPSA) is 38.7 Å². The predicted molar refractivity (Wildman–Crippen MR) is 32.0 cm³/mol. The standard InChI is InChI=1S/C6H12O3/c1-6(2)4-8-5(3-7)9-6/h5,7H,3-4H2,1-2H3/t5-/m1/s1. The van der Waals surface area contributed by atoms with Gasteiger partial charge >= 0.3 is 0 Å². The Bertz CT molecular complexity index is 100. The van der Waals surface area contributed by atoms with Crippen LogP contribution in [-0.4, -0.2) is 30.2 Å². The Labute approximate surface area is 54.6 Å². The van der Waals surface area contributed by atoms with Crippen molar-refractivity contribution in [1.29, 1.82) is 0 Å². The molecule has 0 saturated carbocycles. The maximum atomic E-state index is 8.55. The van der Waals surface area contributed by atoms with Crippen LogP contribution in [0.5, 0.6) is 0 Å². The molecule has 0 aliphatic carbocycles. The second-order valence-electron chi connectivity index (χ2n) is 2.80. The molecule has 0 amide bonds. The Kier molecular flexibility index (Phi) is 1.75. The highest BCUT2D eigenvalue weighted by molar-refractivity contribution is 4.73. The molecule has 0 aromatic heterocycles. The lowest BCUT2D eigenvalue weighted by Gasteiger charge is -2.14. The molecule has 1 fully saturated rings. The van der Waals surface area contributed by atoms with Crippen molar-refractivity contribution >= 4 is 0 Å².